The molecule has 2 rings (SSSR count). The minimum absolute atomic E-state index is 0.204. The lowest BCUT2D eigenvalue weighted by molar-refractivity contribution is 0.0643. The average molecular weight is 313 g/mol. The molecule has 1 aromatic carbocycles. The van der Waals surface area contributed by atoms with Crippen molar-refractivity contribution in [2.45, 2.75) is 58.2 Å². The van der Waals surface area contributed by atoms with Gasteiger partial charge in [-0.1, -0.05) is 38.4 Å². The molecular weight excluding hydrogens is 287 g/mol. The van der Waals surface area contributed by atoms with Gasteiger partial charge in [0, 0.05) is 31.2 Å². The van der Waals surface area contributed by atoms with Crippen LogP contribution in [-0.4, -0.2) is 29.6 Å². The van der Waals surface area contributed by atoms with Gasteiger partial charge in [0.25, 0.3) is 0 Å². The Bertz CT molecular complexity index is 474. The van der Waals surface area contributed by atoms with E-state index in [9.17, 15) is 4.39 Å². The second-order valence-electron chi connectivity index (χ2n) is 6.08. The van der Waals surface area contributed by atoms with Gasteiger partial charge in [-0.15, -0.1) is 0 Å². The van der Waals surface area contributed by atoms with Crippen molar-refractivity contribution in [2.75, 3.05) is 13.1 Å². The van der Waals surface area contributed by atoms with Crippen LogP contribution in [0.25, 0.3) is 0 Å². The predicted molar refractivity (Wildman–Crippen MR) is 87.2 cm³/mol. The van der Waals surface area contributed by atoms with E-state index in [0.29, 0.717) is 6.04 Å². The molecule has 0 aromatic heterocycles. The van der Waals surface area contributed by atoms with Crippen molar-refractivity contribution in [1.29, 1.82) is 0 Å². The fraction of sp³-hybridized carbons (Fsp3) is 0.647. The number of rotatable bonds is 5. The highest BCUT2D eigenvalue weighted by molar-refractivity contribution is 6.30. The number of piperazine rings is 1. The van der Waals surface area contributed by atoms with Gasteiger partial charge in [0.05, 0.1) is 5.02 Å². The van der Waals surface area contributed by atoms with Gasteiger partial charge >= 0.3 is 0 Å². The molecule has 0 saturated carbocycles. The molecule has 1 aromatic rings. The number of hydrogen-bond acceptors (Lipinski definition) is 2. The summed E-state index contributed by atoms with van der Waals surface area (Å²) >= 11 is 5.91. The highest BCUT2D eigenvalue weighted by Gasteiger charge is 2.35. The highest BCUT2D eigenvalue weighted by atomic mass is 35.5. The first kappa shape index (κ1) is 16.7. The van der Waals surface area contributed by atoms with Crippen molar-refractivity contribution in [3.05, 3.63) is 34.6 Å². The van der Waals surface area contributed by atoms with Crippen LogP contribution in [0.4, 0.5) is 4.39 Å². The van der Waals surface area contributed by atoms with Crippen molar-refractivity contribution in [2.24, 2.45) is 0 Å². The van der Waals surface area contributed by atoms with Crippen LogP contribution in [0.15, 0.2) is 18.2 Å². The van der Waals surface area contributed by atoms with Gasteiger partial charge in [-0.25, -0.2) is 4.39 Å². The van der Waals surface area contributed by atoms with Crippen LogP contribution < -0.4 is 5.32 Å². The van der Waals surface area contributed by atoms with E-state index in [1.165, 1.54) is 6.07 Å². The molecule has 21 heavy (non-hydrogen) atoms. The quantitative estimate of drug-likeness (QED) is 0.875. The smallest absolute Gasteiger partial charge is 0.141 e. The molecule has 118 valence electrons. The zero-order valence-corrected chi connectivity index (χ0v) is 14.0. The molecule has 1 unspecified atom stereocenters. The van der Waals surface area contributed by atoms with Crippen molar-refractivity contribution < 1.29 is 4.39 Å². The number of nitrogens with one attached hydrogen (secondary N) is 1. The van der Waals surface area contributed by atoms with E-state index in [-0.39, 0.29) is 16.4 Å². The Hall–Kier alpha value is -0.640. The third-order valence-corrected chi connectivity index (χ3v) is 5.22. The van der Waals surface area contributed by atoms with Crippen LogP contribution in [0.5, 0.6) is 0 Å². The number of nitrogens with zero attached hydrogens (tertiary/aromatic N) is 1. The van der Waals surface area contributed by atoms with E-state index in [1.807, 2.05) is 6.07 Å². The van der Waals surface area contributed by atoms with Crippen LogP contribution in [0, 0.1) is 5.82 Å². The summed E-state index contributed by atoms with van der Waals surface area (Å²) < 4.78 is 13.3. The molecule has 1 fully saturated rings. The van der Waals surface area contributed by atoms with Crippen molar-refractivity contribution >= 4 is 11.6 Å². The Morgan fingerprint density at radius 3 is 2.62 bits per heavy atom. The molecule has 1 aliphatic heterocycles. The Balaban J connectivity index is 2.15. The first-order chi connectivity index (χ1) is 10.0. The molecule has 0 aliphatic carbocycles. The van der Waals surface area contributed by atoms with Crippen LogP contribution in [0.2, 0.25) is 5.02 Å². The first-order valence-corrected chi connectivity index (χ1v) is 8.34. The molecule has 1 heterocycles. The van der Waals surface area contributed by atoms with Crippen molar-refractivity contribution in [3.63, 3.8) is 0 Å². The van der Waals surface area contributed by atoms with Crippen LogP contribution in [0.1, 0.15) is 45.6 Å². The summed E-state index contributed by atoms with van der Waals surface area (Å²) in [5.41, 5.74) is 1.29. The molecular formula is C17H26ClFN2. The number of benzene rings is 1. The monoisotopic (exact) mass is 312 g/mol. The zero-order valence-electron chi connectivity index (χ0n) is 13.3. The summed E-state index contributed by atoms with van der Waals surface area (Å²) in [7, 11) is 0. The standard InChI is InChI=1S/C17H26ClFN2/c1-4-14-10-20-17(5-2,6-3)12-21(14)11-13-7-8-16(19)15(18)9-13/h7-9,14,20H,4-6,10-12H2,1-3H3. The molecule has 4 heteroatoms. The number of hydrogen-bond donors (Lipinski definition) is 1. The molecule has 1 saturated heterocycles. The van der Waals surface area contributed by atoms with Gasteiger partial charge in [0.1, 0.15) is 5.82 Å². The van der Waals surface area contributed by atoms with E-state index in [1.54, 1.807) is 6.07 Å². The molecule has 1 aliphatic rings. The lowest BCUT2D eigenvalue weighted by Crippen LogP contribution is -2.63. The SMILES string of the molecule is CCC1CNC(CC)(CC)CN1Cc1ccc(F)c(Cl)c1. The fourth-order valence-electron chi connectivity index (χ4n) is 3.22. The normalized spacial score (nSPS) is 22.4. The van der Waals surface area contributed by atoms with Crippen LogP contribution >= 0.6 is 11.6 Å². The first-order valence-electron chi connectivity index (χ1n) is 7.96. The maximum Gasteiger partial charge on any atom is 0.141 e. The minimum Gasteiger partial charge on any atom is -0.308 e. The maximum atomic E-state index is 13.3. The second-order valence-corrected chi connectivity index (χ2v) is 6.49. The third kappa shape index (κ3) is 3.77. The zero-order chi connectivity index (χ0) is 15.5. The summed E-state index contributed by atoms with van der Waals surface area (Å²) in [5.74, 6) is -0.343. The molecule has 0 amide bonds. The average Bonchev–Trinajstić information content (AvgIpc) is 2.51. The van der Waals surface area contributed by atoms with Gasteiger partial charge in [0.2, 0.25) is 0 Å². The summed E-state index contributed by atoms with van der Waals surface area (Å²) in [6.45, 7) is 9.61. The third-order valence-electron chi connectivity index (χ3n) is 4.93. The van der Waals surface area contributed by atoms with Crippen LogP contribution in [0.3, 0.4) is 0 Å². The summed E-state index contributed by atoms with van der Waals surface area (Å²) in [6.07, 6.45) is 3.37. The maximum absolute atomic E-state index is 13.3. The van der Waals surface area contributed by atoms with E-state index in [4.69, 9.17) is 11.6 Å². The Kier molecular flexibility index (Phi) is 5.64. The molecule has 1 atom stereocenters. The summed E-state index contributed by atoms with van der Waals surface area (Å²) in [4.78, 5) is 2.52. The summed E-state index contributed by atoms with van der Waals surface area (Å²) in [6, 6.07) is 5.59. The van der Waals surface area contributed by atoms with E-state index >= 15 is 0 Å². The fourth-order valence-corrected chi connectivity index (χ4v) is 3.42. The highest BCUT2D eigenvalue weighted by Crippen LogP contribution is 2.26. The molecule has 2 nitrogen and oxygen atoms in total. The van der Waals surface area contributed by atoms with Gasteiger partial charge in [-0.05, 0) is 37.0 Å². The van der Waals surface area contributed by atoms with Crippen molar-refractivity contribution in [3.8, 4) is 0 Å². The molecule has 0 radical (unpaired) electrons. The van der Waals surface area contributed by atoms with Crippen LogP contribution in [-0.2, 0) is 6.54 Å². The van der Waals surface area contributed by atoms with Gasteiger partial charge in [0.15, 0.2) is 0 Å². The lowest BCUT2D eigenvalue weighted by atomic mass is 9.88. The van der Waals surface area contributed by atoms with Gasteiger partial charge in [-0.2, -0.15) is 0 Å². The topological polar surface area (TPSA) is 15.3 Å². The van der Waals surface area contributed by atoms with E-state index < -0.39 is 0 Å². The molecule has 0 spiro atoms. The van der Waals surface area contributed by atoms with Crippen molar-refractivity contribution in [1.82, 2.24) is 10.2 Å². The second kappa shape index (κ2) is 7.08. The van der Waals surface area contributed by atoms with Gasteiger partial charge in [-0.3, -0.25) is 4.90 Å². The summed E-state index contributed by atoms with van der Waals surface area (Å²) in [5, 5.41) is 3.96. The predicted octanol–water partition coefficient (Wildman–Crippen LogP) is 4.22. The van der Waals surface area contributed by atoms with E-state index in [2.05, 4.69) is 31.0 Å². The Labute approximate surface area is 132 Å². The molecule has 0 bridgehead atoms. The largest absolute Gasteiger partial charge is 0.308 e. The molecule has 1 N–H and O–H groups in total. The van der Waals surface area contributed by atoms with Gasteiger partial charge < -0.3 is 5.32 Å². The Morgan fingerprint density at radius 2 is 2.05 bits per heavy atom. The number of halogens is 2. The Morgan fingerprint density at radius 1 is 1.33 bits per heavy atom. The lowest BCUT2D eigenvalue weighted by Gasteiger charge is -2.47. The van der Waals surface area contributed by atoms with E-state index in [0.717, 1.165) is 44.5 Å². The minimum atomic E-state index is -0.343.